The van der Waals surface area contributed by atoms with Crippen LogP contribution in [0.25, 0.3) is 16.7 Å². The molecular weight excluding hydrogens is 679 g/mol. The molecule has 0 spiro atoms. The molecule has 46 heavy (non-hydrogen) atoms. The molecule has 0 N–H and O–H groups in total. The minimum atomic E-state index is 0. The van der Waals surface area contributed by atoms with Gasteiger partial charge in [-0.3, -0.25) is 6.08 Å². The summed E-state index contributed by atoms with van der Waals surface area (Å²) in [5.74, 6) is 0.468. The number of rotatable bonds is 2. The molecule has 3 heteroatoms. The van der Waals surface area contributed by atoms with Crippen LogP contribution in [0.5, 0.6) is 0 Å². The Balaban J connectivity index is 0.000000254. The van der Waals surface area contributed by atoms with Crippen molar-refractivity contribution in [3.05, 3.63) is 148 Å². The molecule has 2 aliphatic rings. The standard InChI is InChI=1S/C21H25.C13H13.C9H10.2ClH.Zr/c1-20(2,3)16-7-9-18-14(12-16)11-15-13-17(21(4,5)6)8-10-19(15)18;1-10-8-11(2)13(9-10)12-6-4-3-5-7-12;1-3-9-6-4-8(2)5-7-9;;;/h7-10,12H,11H2,1-6H3;3-7,9-10H,1-2H3;4-7H,1-2H3;2*1H;/q2*-1;;;;+2/p-2. The van der Waals surface area contributed by atoms with E-state index in [0.717, 1.165) is 6.42 Å². The van der Waals surface area contributed by atoms with Crippen LogP contribution in [0.4, 0.5) is 0 Å². The first-order valence-electron chi connectivity index (χ1n) is 15.8. The first-order valence-corrected chi connectivity index (χ1v) is 17.1. The van der Waals surface area contributed by atoms with E-state index in [1.54, 1.807) is 0 Å². The maximum atomic E-state index is 3.67. The molecule has 0 fully saturated rings. The fraction of sp³-hybridized carbons (Fsp3) is 0.326. The fourth-order valence-corrected chi connectivity index (χ4v) is 6.01. The molecule has 0 heterocycles. The van der Waals surface area contributed by atoms with Gasteiger partial charge >= 0.3 is 76.7 Å². The Morgan fingerprint density at radius 2 is 1.37 bits per heavy atom. The number of halogens is 2. The third kappa shape index (κ3) is 10.3. The van der Waals surface area contributed by atoms with E-state index in [-0.39, 0.29) is 35.6 Å². The number of aryl methyl sites for hydroxylation is 1. The molecule has 0 saturated carbocycles. The molecule has 0 bridgehead atoms. The molecule has 4 aromatic carbocycles. The Morgan fingerprint density at radius 1 is 0.761 bits per heavy atom. The van der Waals surface area contributed by atoms with Crippen molar-refractivity contribution in [1.82, 2.24) is 0 Å². The fourth-order valence-electron chi connectivity index (χ4n) is 5.60. The van der Waals surface area contributed by atoms with Gasteiger partial charge in [0.05, 0.1) is 0 Å². The SMILES string of the molecule is CC(C)(C)c1[c-]c2c(cc1)-c1ccc(C(C)(C)C)cc1C2.CC1=[C-]C(C)C=C1c1ccccc1.C[C](=[Zr+2])c1ccc(C)cc1.[Cl-].[Cl-]. The minimum absolute atomic E-state index is 0. The number of benzene rings is 4. The van der Waals surface area contributed by atoms with Gasteiger partial charge in [-0.2, -0.15) is 35.4 Å². The van der Waals surface area contributed by atoms with Gasteiger partial charge in [-0.05, 0) is 28.4 Å². The van der Waals surface area contributed by atoms with Crippen LogP contribution in [0.15, 0.2) is 96.6 Å². The van der Waals surface area contributed by atoms with Crippen molar-refractivity contribution >= 4 is 8.78 Å². The van der Waals surface area contributed by atoms with E-state index < -0.39 is 0 Å². The quantitative estimate of drug-likeness (QED) is 0.220. The van der Waals surface area contributed by atoms with E-state index in [2.05, 4.69) is 166 Å². The van der Waals surface area contributed by atoms with Crippen molar-refractivity contribution in [2.45, 2.75) is 86.5 Å². The second-order valence-electron chi connectivity index (χ2n) is 14.3. The molecule has 0 aliphatic heterocycles. The molecular formula is C43H48Cl2Zr-2. The molecule has 0 saturated heterocycles. The van der Waals surface area contributed by atoms with Crippen molar-refractivity contribution in [2.24, 2.45) is 5.92 Å². The molecule has 6 rings (SSSR count). The van der Waals surface area contributed by atoms with Gasteiger partial charge in [0.1, 0.15) is 0 Å². The molecule has 0 nitrogen and oxygen atoms in total. The number of allylic oxidation sites excluding steroid dienone is 4. The maximum Gasteiger partial charge on any atom is -1.00 e. The Bertz CT molecular complexity index is 1620. The van der Waals surface area contributed by atoms with E-state index in [1.807, 2.05) is 6.07 Å². The predicted octanol–water partition coefficient (Wildman–Crippen LogP) is 5.21. The van der Waals surface area contributed by atoms with Gasteiger partial charge in [-0.1, -0.05) is 115 Å². The molecule has 0 aromatic heterocycles. The summed E-state index contributed by atoms with van der Waals surface area (Å²) in [7, 11) is 0. The zero-order valence-electron chi connectivity index (χ0n) is 29.2. The average molecular weight is 727 g/mol. The first kappa shape index (κ1) is 39.9. The van der Waals surface area contributed by atoms with Gasteiger partial charge in [0.2, 0.25) is 0 Å². The Kier molecular flexibility index (Phi) is 14.5. The van der Waals surface area contributed by atoms with E-state index in [0.29, 0.717) is 5.92 Å². The van der Waals surface area contributed by atoms with Crippen molar-refractivity contribution in [3.63, 3.8) is 0 Å². The third-order valence-electron chi connectivity index (χ3n) is 8.30. The van der Waals surface area contributed by atoms with Gasteiger partial charge in [-0.15, -0.1) is 16.7 Å². The number of hydrogen-bond acceptors (Lipinski definition) is 0. The summed E-state index contributed by atoms with van der Waals surface area (Å²) in [6.07, 6.45) is 6.68. The van der Waals surface area contributed by atoms with Crippen LogP contribution >= 0.6 is 0 Å². The second-order valence-corrected chi connectivity index (χ2v) is 16.2. The largest absolute Gasteiger partial charge is 1.00 e. The van der Waals surface area contributed by atoms with Crippen molar-refractivity contribution in [1.29, 1.82) is 0 Å². The maximum absolute atomic E-state index is 3.67. The van der Waals surface area contributed by atoms with Gasteiger partial charge in [-0.25, -0.2) is 5.57 Å². The topological polar surface area (TPSA) is 0 Å². The van der Waals surface area contributed by atoms with Crippen molar-refractivity contribution < 1.29 is 49.0 Å². The van der Waals surface area contributed by atoms with E-state index >= 15 is 0 Å². The van der Waals surface area contributed by atoms with Crippen LogP contribution in [-0.4, -0.2) is 3.21 Å². The van der Waals surface area contributed by atoms with Crippen LogP contribution < -0.4 is 24.8 Å². The number of fused-ring (bicyclic) bond motifs is 3. The smallest absolute Gasteiger partial charge is 1.00 e. The summed E-state index contributed by atoms with van der Waals surface area (Å²) in [6, 6.07) is 34.3. The Morgan fingerprint density at radius 3 is 1.89 bits per heavy atom. The zero-order valence-corrected chi connectivity index (χ0v) is 33.2. The van der Waals surface area contributed by atoms with Crippen LogP contribution in [0.2, 0.25) is 0 Å². The molecule has 0 amide bonds. The van der Waals surface area contributed by atoms with E-state index in [1.165, 1.54) is 88.7 Å². The molecule has 2 aliphatic carbocycles. The monoisotopic (exact) mass is 724 g/mol. The normalized spacial score (nSPS) is 14.5. The summed E-state index contributed by atoms with van der Waals surface area (Å²) in [5, 5.41) is 0. The van der Waals surface area contributed by atoms with Gasteiger partial charge < -0.3 is 24.8 Å². The molecule has 1 unspecified atom stereocenters. The van der Waals surface area contributed by atoms with Crippen LogP contribution in [0, 0.1) is 25.0 Å². The molecule has 4 aromatic rings. The predicted molar refractivity (Wildman–Crippen MR) is 188 cm³/mol. The van der Waals surface area contributed by atoms with Crippen molar-refractivity contribution in [3.8, 4) is 11.1 Å². The molecule has 1 atom stereocenters. The summed E-state index contributed by atoms with van der Waals surface area (Å²) in [5.41, 5.74) is 15.3. The average Bonchev–Trinajstić information content (AvgIpc) is 3.51. The number of hydrogen-bond donors (Lipinski definition) is 0. The molecule has 240 valence electrons. The van der Waals surface area contributed by atoms with Gasteiger partial charge in [0, 0.05) is 0 Å². The minimum Gasteiger partial charge on any atom is -1.00 e. The summed E-state index contributed by atoms with van der Waals surface area (Å²) in [6.45, 7) is 22.2. The summed E-state index contributed by atoms with van der Waals surface area (Å²) < 4.78 is 1.46. The summed E-state index contributed by atoms with van der Waals surface area (Å²) >= 11 is 1.51. The van der Waals surface area contributed by atoms with E-state index in [9.17, 15) is 0 Å². The summed E-state index contributed by atoms with van der Waals surface area (Å²) in [4.78, 5) is 0. The van der Waals surface area contributed by atoms with Crippen LogP contribution in [-0.2, 0) is 41.5 Å². The van der Waals surface area contributed by atoms with Crippen LogP contribution in [0.3, 0.4) is 0 Å². The molecule has 0 radical (unpaired) electrons. The van der Waals surface area contributed by atoms with Crippen LogP contribution in [0.1, 0.15) is 101 Å². The zero-order chi connectivity index (χ0) is 32.2. The first-order chi connectivity index (χ1) is 20.6. The van der Waals surface area contributed by atoms with Gasteiger partial charge in [0.15, 0.2) is 0 Å². The Hall–Kier alpha value is -2.31. The third-order valence-corrected chi connectivity index (χ3v) is 9.01. The van der Waals surface area contributed by atoms with E-state index in [4.69, 9.17) is 0 Å². The Labute approximate surface area is 307 Å². The van der Waals surface area contributed by atoms with Gasteiger partial charge in [0.25, 0.3) is 0 Å². The second kappa shape index (κ2) is 16.7. The van der Waals surface area contributed by atoms with Crippen molar-refractivity contribution in [2.75, 3.05) is 0 Å².